The van der Waals surface area contributed by atoms with E-state index in [9.17, 15) is 9.59 Å². The van der Waals surface area contributed by atoms with Gasteiger partial charge in [0.2, 0.25) is 5.76 Å². The Labute approximate surface area is 97.8 Å². The molecule has 0 unspecified atom stereocenters. The Kier molecular flexibility index (Phi) is 3.43. The van der Waals surface area contributed by atoms with Gasteiger partial charge in [-0.15, -0.1) is 0 Å². The molecule has 1 aromatic rings. The first-order chi connectivity index (χ1) is 8.18. The van der Waals surface area contributed by atoms with E-state index in [4.69, 9.17) is 14.3 Å². The second-order valence-electron chi connectivity index (χ2n) is 3.73. The SMILES string of the molecule is O=C(O)c1ccc(C(=O)N2CCCOCC2)o1. The average Bonchev–Trinajstić information content (AvgIpc) is 2.65. The van der Waals surface area contributed by atoms with Gasteiger partial charge in [-0.2, -0.15) is 0 Å². The van der Waals surface area contributed by atoms with Crippen LogP contribution < -0.4 is 0 Å². The summed E-state index contributed by atoms with van der Waals surface area (Å²) in [4.78, 5) is 24.2. The molecule has 1 aliphatic rings. The summed E-state index contributed by atoms with van der Waals surface area (Å²) in [5.74, 6) is -1.63. The molecule has 92 valence electrons. The van der Waals surface area contributed by atoms with Gasteiger partial charge in [0.05, 0.1) is 6.61 Å². The Morgan fingerprint density at radius 1 is 1.18 bits per heavy atom. The van der Waals surface area contributed by atoms with Crippen molar-refractivity contribution in [2.75, 3.05) is 26.3 Å². The van der Waals surface area contributed by atoms with E-state index in [1.165, 1.54) is 12.1 Å². The molecule has 2 rings (SSSR count). The summed E-state index contributed by atoms with van der Waals surface area (Å²) in [6.07, 6.45) is 0.776. The Bertz CT molecular complexity index is 417. The van der Waals surface area contributed by atoms with Gasteiger partial charge in [-0.05, 0) is 18.6 Å². The molecule has 0 radical (unpaired) electrons. The lowest BCUT2D eigenvalue weighted by atomic mass is 10.3. The highest BCUT2D eigenvalue weighted by atomic mass is 16.5. The van der Waals surface area contributed by atoms with Crippen molar-refractivity contribution in [3.63, 3.8) is 0 Å². The Balaban J connectivity index is 2.09. The number of carboxylic acid groups (broad SMARTS) is 1. The van der Waals surface area contributed by atoms with E-state index in [0.717, 1.165) is 6.42 Å². The first kappa shape index (κ1) is 11.7. The second kappa shape index (κ2) is 5.01. The summed E-state index contributed by atoms with van der Waals surface area (Å²) in [6, 6.07) is 2.67. The monoisotopic (exact) mass is 239 g/mol. The Hall–Kier alpha value is -1.82. The van der Waals surface area contributed by atoms with Crippen LogP contribution in [0.3, 0.4) is 0 Å². The van der Waals surface area contributed by atoms with E-state index in [2.05, 4.69) is 0 Å². The molecule has 2 heterocycles. The van der Waals surface area contributed by atoms with Gasteiger partial charge < -0.3 is 19.2 Å². The van der Waals surface area contributed by atoms with Gasteiger partial charge in [0.1, 0.15) is 0 Å². The van der Waals surface area contributed by atoms with Crippen molar-refractivity contribution in [2.45, 2.75) is 6.42 Å². The number of hydrogen-bond acceptors (Lipinski definition) is 4. The van der Waals surface area contributed by atoms with Crippen molar-refractivity contribution in [3.8, 4) is 0 Å². The molecule has 1 N–H and O–H groups in total. The molecule has 1 aromatic heterocycles. The maximum Gasteiger partial charge on any atom is 0.371 e. The number of ether oxygens (including phenoxy) is 1. The topological polar surface area (TPSA) is 80.0 Å². The molecule has 6 nitrogen and oxygen atoms in total. The number of aromatic carboxylic acids is 1. The van der Waals surface area contributed by atoms with Crippen LogP contribution in [-0.4, -0.2) is 48.2 Å². The predicted octanol–water partition coefficient (Wildman–Crippen LogP) is 0.840. The molecular formula is C11H13NO5. The molecule has 0 aliphatic carbocycles. The van der Waals surface area contributed by atoms with Crippen LogP contribution >= 0.6 is 0 Å². The largest absolute Gasteiger partial charge is 0.475 e. The van der Waals surface area contributed by atoms with E-state index in [0.29, 0.717) is 26.3 Å². The lowest BCUT2D eigenvalue weighted by molar-refractivity contribution is 0.0647. The maximum atomic E-state index is 12.0. The zero-order valence-electron chi connectivity index (χ0n) is 9.22. The number of carboxylic acids is 1. The second-order valence-corrected chi connectivity index (χ2v) is 3.73. The first-order valence-electron chi connectivity index (χ1n) is 5.38. The predicted molar refractivity (Wildman–Crippen MR) is 57.0 cm³/mol. The van der Waals surface area contributed by atoms with Gasteiger partial charge in [0, 0.05) is 19.7 Å². The van der Waals surface area contributed by atoms with Gasteiger partial charge in [0.25, 0.3) is 5.91 Å². The minimum absolute atomic E-state index is 0.0595. The van der Waals surface area contributed by atoms with E-state index < -0.39 is 5.97 Å². The third-order valence-corrected chi connectivity index (χ3v) is 2.54. The normalized spacial score (nSPS) is 16.6. The third kappa shape index (κ3) is 2.65. The molecule has 1 aliphatic heterocycles. The van der Waals surface area contributed by atoms with E-state index in [1.807, 2.05) is 0 Å². The number of hydrogen-bond donors (Lipinski definition) is 1. The van der Waals surface area contributed by atoms with Gasteiger partial charge >= 0.3 is 5.97 Å². The summed E-state index contributed by atoms with van der Waals surface area (Å²) < 4.78 is 10.2. The van der Waals surface area contributed by atoms with E-state index >= 15 is 0 Å². The number of carbonyl (C=O) groups is 2. The number of amides is 1. The number of carbonyl (C=O) groups excluding carboxylic acids is 1. The van der Waals surface area contributed by atoms with Crippen molar-refractivity contribution in [2.24, 2.45) is 0 Å². The number of nitrogens with zero attached hydrogens (tertiary/aromatic N) is 1. The molecule has 1 fully saturated rings. The average molecular weight is 239 g/mol. The summed E-state index contributed by atoms with van der Waals surface area (Å²) in [5, 5.41) is 8.70. The molecule has 1 saturated heterocycles. The van der Waals surface area contributed by atoms with Crippen molar-refractivity contribution >= 4 is 11.9 Å². The number of rotatable bonds is 2. The molecule has 0 atom stereocenters. The smallest absolute Gasteiger partial charge is 0.371 e. The minimum Gasteiger partial charge on any atom is -0.475 e. The van der Waals surface area contributed by atoms with Crippen LogP contribution in [0.4, 0.5) is 0 Å². The van der Waals surface area contributed by atoms with Gasteiger partial charge in [-0.1, -0.05) is 0 Å². The first-order valence-corrected chi connectivity index (χ1v) is 5.38. The fourth-order valence-corrected chi connectivity index (χ4v) is 1.67. The highest BCUT2D eigenvalue weighted by Gasteiger charge is 2.21. The molecule has 0 spiro atoms. The summed E-state index contributed by atoms with van der Waals surface area (Å²) in [5.41, 5.74) is 0. The van der Waals surface area contributed by atoms with Crippen LogP contribution in [0.1, 0.15) is 27.5 Å². The zero-order chi connectivity index (χ0) is 12.3. The summed E-state index contributed by atoms with van der Waals surface area (Å²) in [7, 11) is 0. The Morgan fingerprint density at radius 3 is 2.65 bits per heavy atom. The van der Waals surface area contributed by atoms with Crippen LogP contribution in [0.5, 0.6) is 0 Å². The lowest BCUT2D eigenvalue weighted by Gasteiger charge is -2.17. The molecule has 17 heavy (non-hydrogen) atoms. The molecule has 0 saturated carbocycles. The van der Waals surface area contributed by atoms with Gasteiger partial charge in [0.15, 0.2) is 5.76 Å². The van der Waals surface area contributed by atoms with Crippen molar-refractivity contribution < 1.29 is 23.8 Å². The van der Waals surface area contributed by atoms with Crippen LogP contribution in [0.2, 0.25) is 0 Å². The van der Waals surface area contributed by atoms with Gasteiger partial charge in [-0.25, -0.2) is 4.79 Å². The Morgan fingerprint density at radius 2 is 1.94 bits per heavy atom. The lowest BCUT2D eigenvalue weighted by Crippen LogP contribution is -2.32. The highest BCUT2D eigenvalue weighted by molar-refractivity contribution is 5.93. The number of furan rings is 1. The standard InChI is InChI=1S/C11H13NO5/c13-10(12-4-1-6-16-7-5-12)8-2-3-9(17-8)11(14)15/h2-3H,1,4-7H2,(H,14,15). The van der Waals surface area contributed by atoms with Crippen molar-refractivity contribution in [1.82, 2.24) is 4.90 Å². The summed E-state index contributed by atoms with van der Waals surface area (Å²) in [6.45, 7) is 2.24. The van der Waals surface area contributed by atoms with Crippen LogP contribution in [0, 0.1) is 0 Å². The van der Waals surface area contributed by atoms with Crippen LogP contribution in [0.25, 0.3) is 0 Å². The van der Waals surface area contributed by atoms with Crippen LogP contribution in [-0.2, 0) is 4.74 Å². The fourth-order valence-electron chi connectivity index (χ4n) is 1.67. The van der Waals surface area contributed by atoms with Gasteiger partial charge in [-0.3, -0.25) is 4.79 Å². The maximum absolute atomic E-state index is 12.0. The van der Waals surface area contributed by atoms with E-state index in [-0.39, 0.29) is 17.4 Å². The summed E-state index contributed by atoms with van der Waals surface area (Å²) >= 11 is 0. The quantitative estimate of drug-likeness (QED) is 0.827. The minimum atomic E-state index is -1.18. The zero-order valence-corrected chi connectivity index (χ0v) is 9.22. The molecule has 0 aromatic carbocycles. The molecule has 0 bridgehead atoms. The molecule has 1 amide bonds. The van der Waals surface area contributed by atoms with E-state index in [1.54, 1.807) is 4.90 Å². The van der Waals surface area contributed by atoms with Crippen LogP contribution in [0.15, 0.2) is 16.5 Å². The molecular weight excluding hydrogens is 226 g/mol. The van der Waals surface area contributed by atoms with Crippen molar-refractivity contribution in [3.05, 3.63) is 23.7 Å². The molecule has 6 heteroatoms. The third-order valence-electron chi connectivity index (χ3n) is 2.54. The van der Waals surface area contributed by atoms with Crippen molar-refractivity contribution in [1.29, 1.82) is 0 Å². The highest BCUT2D eigenvalue weighted by Crippen LogP contribution is 2.12. The fraction of sp³-hybridized carbons (Fsp3) is 0.455.